The van der Waals surface area contributed by atoms with E-state index in [4.69, 9.17) is 5.84 Å². The molecule has 2 aromatic heterocycles. The van der Waals surface area contributed by atoms with Gasteiger partial charge in [0.25, 0.3) is 5.91 Å². The molecule has 0 bridgehead atoms. The number of anilines is 2. The molecule has 2 aromatic rings. The van der Waals surface area contributed by atoms with Crippen LogP contribution in [0, 0.1) is 6.92 Å². The van der Waals surface area contributed by atoms with Crippen molar-refractivity contribution in [3.05, 3.63) is 40.1 Å². The number of carbonyl (C=O) groups is 1. The lowest BCUT2D eigenvalue weighted by atomic mass is 10.3. The zero-order chi connectivity index (χ0) is 13.8. The van der Waals surface area contributed by atoms with Gasteiger partial charge in [0.15, 0.2) is 11.5 Å². The number of nitrogen functional groups attached to an aromatic ring is 1. The van der Waals surface area contributed by atoms with Gasteiger partial charge >= 0.3 is 0 Å². The summed E-state index contributed by atoms with van der Waals surface area (Å²) in [6.07, 6.45) is 1.62. The number of amides is 1. The fourth-order valence-corrected chi connectivity index (χ4v) is 1.54. The number of nitrogens with zero attached hydrogens (tertiary/aromatic N) is 3. The second-order valence-electron chi connectivity index (χ2n) is 3.72. The minimum absolute atomic E-state index is 0.182. The van der Waals surface area contributed by atoms with Gasteiger partial charge in [-0.25, -0.2) is 10.8 Å². The highest BCUT2D eigenvalue weighted by atomic mass is 79.9. The van der Waals surface area contributed by atoms with Crippen LogP contribution in [0.3, 0.4) is 0 Å². The van der Waals surface area contributed by atoms with Crippen molar-refractivity contribution in [2.75, 3.05) is 10.7 Å². The second-order valence-corrected chi connectivity index (χ2v) is 4.58. The van der Waals surface area contributed by atoms with Gasteiger partial charge in [0, 0.05) is 10.7 Å². The lowest BCUT2D eigenvalue weighted by Crippen LogP contribution is -2.16. The predicted octanol–water partition coefficient (Wildman–Crippen LogP) is 1.48. The van der Waals surface area contributed by atoms with Crippen molar-refractivity contribution >= 4 is 33.5 Å². The highest BCUT2D eigenvalue weighted by molar-refractivity contribution is 9.10. The van der Waals surface area contributed by atoms with E-state index in [0.717, 1.165) is 10.0 Å². The topological polar surface area (TPSA) is 106 Å². The molecule has 0 radical (unpaired) electrons. The smallest absolute Gasteiger partial charge is 0.277 e. The molecule has 19 heavy (non-hydrogen) atoms. The average molecular weight is 323 g/mol. The highest BCUT2D eigenvalue weighted by Crippen LogP contribution is 2.17. The van der Waals surface area contributed by atoms with Gasteiger partial charge < -0.3 is 10.7 Å². The van der Waals surface area contributed by atoms with Crippen molar-refractivity contribution in [1.29, 1.82) is 0 Å². The van der Waals surface area contributed by atoms with Gasteiger partial charge in [0.2, 0.25) is 0 Å². The van der Waals surface area contributed by atoms with Crippen LogP contribution in [0.4, 0.5) is 11.6 Å². The third-order valence-corrected chi connectivity index (χ3v) is 3.16. The highest BCUT2D eigenvalue weighted by Gasteiger charge is 2.09. The first-order valence-electron chi connectivity index (χ1n) is 5.34. The molecule has 4 N–H and O–H groups in total. The van der Waals surface area contributed by atoms with Crippen LogP contribution in [0.1, 0.15) is 16.1 Å². The fourth-order valence-electron chi connectivity index (χ4n) is 1.32. The Morgan fingerprint density at radius 1 is 1.32 bits per heavy atom. The number of hydrogen-bond donors (Lipinski definition) is 3. The molecule has 0 aromatic carbocycles. The Morgan fingerprint density at radius 3 is 2.68 bits per heavy atom. The molecule has 0 atom stereocenters. The van der Waals surface area contributed by atoms with Crippen molar-refractivity contribution in [3.8, 4) is 0 Å². The first-order chi connectivity index (χ1) is 9.10. The van der Waals surface area contributed by atoms with Crippen LogP contribution < -0.4 is 16.6 Å². The SMILES string of the molecule is Cc1cc(NC(=O)c2ccc(NN)nn2)ncc1Br. The van der Waals surface area contributed by atoms with Gasteiger partial charge in [-0.15, -0.1) is 10.2 Å². The normalized spacial score (nSPS) is 10.1. The Labute approximate surface area is 117 Å². The second kappa shape index (κ2) is 5.72. The molecule has 0 saturated carbocycles. The van der Waals surface area contributed by atoms with Crippen molar-refractivity contribution in [1.82, 2.24) is 15.2 Å². The standard InChI is InChI=1S/C11H11BrN6O/c1-6-4-10(14-5-7(6)12)15-11(19)8-2-3-9(16-13)18-17-8/h2-5H,13H2,1H3,(H,16,18)(H,14,15,19). The van der Waals surface area contributed by atoms with Crippen molar-refractivity contribution in [2.24, 2.45) is 5.84 Å². The van der Waals surface area contributed by atoms with Crippen LogP contribution in [0.25, 0.3) is 0 Å². The molecular formula is C11H11BrN6O. The van der Waals surface area contributed by atoms with E-state index in [9.17, 15) is 4.79 Å². The van der Waals surface area contributed by atoms with Crippen LogP contribution in [-0.2, 0) is 0 Å². The summed E-state index contributed by atoms with van der Waals surface area (Å²) in [5.41, 5.74) is 3.49. The largest absolute Gasteiger partial charge is 0.307 e. The first-order valence-corrected chi connectivity index (χ1v) is 6.13. The quantitative estimate of drug-likeness (QED) is 0.583. The van der Waals surface area contributed by atoms with E-state index in [1.54, 1.807) is 18.3 Å². The van der Waals surface area contributed by atoms with Gasteiger partial charge in [-0.3, -0.25) is 4.79 Å². The van der Waals surface area contributed by atoms with Crippen LogP contribution in [-0.4, -0.2) is 21.1 Å². The van der Waals surface area contributed by atoms with Gasteiger partial charge in [-0.05, 0) is 46.6 Å². The van der Waals surface area contributed by atoms with E-state index in [1.807, 2.05) is 6.92 Å². The number of aryl methyl sites for hydroxylation is 1. The van der Waals surface area contributed by atoms with E-state index < -0.39 is 0 Å². The average Bonchev–Trinajstić information content (AvgIpc) is 2.43. The van der Waals surface area contributed by atoms with E-state index in [0.29, 0.717) is 11.6 Å². The molecule has 0 aliphatic carbocycles. The number of hydrogen-bond acceptors (Lipinski definition) is 6. The summed E-state index contributed by atoms with van der Waals surface area (Å²) in [6, 6.07) is 4.83. The number of nitrogens with two attached hydrogens (primary N) is 1. The molecule has 98 valence electrons. The summed E-state index contributed by atoms with van der Waals surface area (Å²) in [6.45, 7) is 1.91. The third kappa shape index (κ3) is 3.24. The molecule has 0 aliphatic rings. The Bertz CT molecular complexity index is 601. The molecule has 1 amide bonds. The molecule has 0 fully saturated rings. The first kappa shape index (κ1) is 13.4. The molecule has 2 rings (SSSR count). The van der Waals surface area contributed by atoms with Gasteiger partial charge in [0.05, 0.1) is 0 Å². The number of aromatic nitrogens is 3. The summed E-state index contributed by atoms with van der Waals surface area (Å²) >= 11 is 3.34. The number of pyridine rings is 1. The summed E-state index contributed by atoms with van der Waals surface area (Å²) < 4.78 is 0.878. The van der Waals surface area contributed by atoms with Crippen molar-refractivity contribution < 1.29 is 4.79 Å². The lowest BCUT2D eigenvalue weighted by Gasteiger charge is -2.05. The number of carbonyl (C=O) groups excluding carboxylic acids is 1. The zero-order valence-electron chi connectivity index (χ0n) is 10.0. The van der Waals surface area contributed by atoms with Crippen LogP contribution in [0.2, 0.25) is 0 Å². The molecular weight excluding hydrogens is 312 g/mol. The van der Waals surface area contributed by atoms with Crippen LogP contribution >= 0.6 is 15.9 Å². The Kier molecular flexibility index (Phi) is 4.03. The van der Waals surface area contributed by atoms with Crippen molar-refractivity contribution in [2.45, 2.75) is 6.92 Å². The lowest BCUT2D eigenvalue weighted by molar-refractivity contribution is 0.102. The molecule has 0 spiro atoms. The molecule has 2 heterocycles. The maximum Gasteiger partial charge on any atom is 0.277 e. The number of halogens is 1. The third-order valence-electron chi connectivity index (χ3n) is 2.33. The van der Waals surface area contributed by atoms with Crippen LogP contribution in [0.5, 0.6) is 0 Å². The monoisotopic (exact) mass is 322 g/mol. The summed E-state index contributed by atoms with van der Waals surface area (Å²) in [7, 11) is 0. The zero-order valence-corrected chi connectivity index (χ0v) is 11.6. The van der Waals surface area contributed by atoms with E-state index in [2.05, 4.69) is 41.9 Å². The Morgan fingerprint density at radius 2 is 2.11 bits per heavy atom. The molecule has 7 nitrogen and oxygen atoms in total. The Balaban J connectivity index is 2.13. The minimum Gasteiger partial charge on any atom is -0.307 e. The molecule has 0 saturated heterocycles. The maximum atomic E-state index is 11.9. The summed E-state index contributed by atoms with van der Waals surface area (Å²) in [4.78, 5) is 16.0. The number of hydrazine groups is 1. The fraction of sp³-hybridized carbons (Fsp3) is 0.0909. The Hall–Kier alpha value is -2.06. The van der Waals surface area contributed by atoms with E-state index in [1.165, 1.54) is 6.07 Å². The van der Waals surface area contributed by atoms with Crippen molar-refractivity contribution in [3.63, 3.8) is 0 Å². The van der Waals surface area contributed by atoms with Gasteiger partial charge in [-0.2, -0.15) is 0 Å². The minimum atomic E-state index is -0.384. The summed E-state index contributed by atoms with van der Waals surface area (Å²) in [5.74, 6) is 5.61. The molecule has 0 aliphatic heterocycles. The van der Waals surface area contributed by atoms with Crippen LogP contribution in [0.15, 0.2) is 28.9 Å². The number of nitrogens with one attached hydrogen (secondary N) is 2. The summed E-state index contributed by atoms with van der Waals surface area (Å²) in [5, 5.41) is 10.1. The number of rotatable bonds is 3. The molecule has 0 unspecified atom stereocenters. The maximum absolute atomic E-state index is 11.9. The predicted molar refractivity (Wildman–Crippen MR) is 74.5 cm³/mol. The van der Waals surface area contributed by atoms with Gasteiger partial charge in [-0.1, -0.05) is 0 Å². The molecule has 8 heteroatoms. The van der Waals surface area contributed by atoms with E-state index >= 15 is 0 Å². The van der Waals surface area contributed by atoms with E-state index in [-0.39, 0.29) is 11.6 Å². The van der Waals surface area contributed by atoms with Gasteiger partial charge in [0.1, 0.15) is 5.82 Å².